The number of carbonyl (C=O) groups excluding carboxylic acids is 1. The zero-order valence-electron chi connectivity index (χ0n) is 16.1. The molecule has 1 amide bonds. The number of halogens is 3. The SMILES string of the molecule is Cc1cc(OCc2ccc(F)cc2F)c(Br)c(=O)n1CN(C)C(=O)c1cnccn1. The van der Waals surface area contributed by atoms with E-state index in [1.807, 2.05) is 0 Å². The van der Waals surface area contributed by atoms with E-state index in [4.69, 9.17) is 4.74 Å². The van der Waals surface area contributed by atoms with E-state index in [-0.39, 0.29) is 34.8 Å². The van der Waals surface area contributed by atoms with Gasteiger partial charge in [-0.1, -0.05) is 0 Å². The van der Waals surface area contributed by atoms with Gasteiger partial charge in [-0.3, -0.25) is 19.1 Å². The lowest BCUT2D eigenvalue weighted by atomic mass is 10.2. The number of pyridine rings is 1. The summed E-state index contributed by atoms with van der Waals surface area (Å²) in [4.78, 5) is 34.4. The van der Waals surface area contributed by atoms with Crippen LogP contribution < -0.4 is 10.3 Å². The highest BCUT2D eigenvalue weighted by Gasteiger charge is 2.18. The number of ether oxygens (including phenoxy) is 1. The monoisotopic (exact) mass is 478 g/mol. The van der Waals surface area contributed by atoms with Crippen LogP contribution in [0.3, 0.4) is 0 Å². The number of aryl methyl sites for hydroxylation is 1. The van der Waals surface area contributed by atoms with Crippen molar-refractivity contribution in [2.75, 3.05) is 7.05 Å². The summed E-state index contributed by atoms with van der Waals surface area (Å²) in [5.74, 6) is -1.60. The third kappa shape index (κ3) is 4.70. The summed E-state index contributed by atoms with van der Waals surface area (Å²) in [7, 11) is 1.54. The topological polar surface area (TPSA) is 77.3 Å². The Morgan fingerprint density at radius 3 is 2.70 bits per heavy atom. The Bertz CT molecular complexity index is 1140. The second kappa shape index (κ2) is 9.12. The predicted molar refractivity (Wildman–Crippen MR) is 108 cm³/mol. The van der Waals surface area contributed by atoms with Crippen molar-refractivity contribution in [3.63, 3.8) is 0 Å². The third-order valence-electron chi connectivity index (χ3n) is 4.30. The molecule has 7 nitrogen and oxygen atoms in total. The number of hydrogen-bond acceptors (Lipinski definition) is 5. The number of rotatable bonds is 6. The average Bonchev–Trinajstić information content (AvgIpc) is 2.73. The summed E-state index contributed by atoms with van der Waals surface area (Å²) >= 11 is 3.20. The normalized spacial score (nSPS) is 10.7. The lowest BCUT2D eigenvalue weighted by molar-refractivity contribution is 0.0742. The molecule has 2 heterocycles. The third-order valence-corrected chi connectivity index (χ3v) is 5.03. The predicted octanol–water partition coefficient (Wildman–Crippen LogP) is 3.30. The summed E-state index contributed by atoms with van der Waals surface area (Å²) in [6.07, 6.45) is 4.21. The quantitative estimate of drug-likeness (QED) is 0.543. The molecule has 0 radical (unpaired) electrons. The molecule has 0 unspecified atom stereocenters. The molecule has 0 spiro atoms. The Kier molecular flexibility index (Phi) is 6.56. The largest absolute Gasteiger partial charge is 0.487 e. The van der Waals surface area contributed by atoms with Gasteiger partial charge < -0.3 is 9.64 Å². The van der Waals surface area contributed by atoms with Crippen molar-refractivity contribution in [3.05, 3.63) is 86.3 Å². The summed E-state index contributed by atoms with van der Waals surface area (Å²) in [5.41, 5.74) is 0.408. The minimum atomic E-state index is -0.736. The van der Waals surface area contributed by atoms with Crippen LogP contribution in [0.1, 0.15) is 21.7 Å². The molecule has 0 atom stereocenters. The zero-order chi connectivity index (χ0) is 21.8. The van der Waals surface area contributed by atoms with Crippen molar-refractivity contribution in [3.8, 4) is 5.75 Å². The van der Waals surface area contributed by atoms with E-state index < -0.39 is 23.1 Å². The highest BCUT2D eigenvalue weighted by Crippen LogP contribution is 2.24. The molecule has 2 aromatic heterocycles. The van der Waals surface area contributed by atoms with Crippen molar-refractivity contribution in [2.24, 2.45) is 0 Å². The van der Waals surface area contributed by atoms with E-state index in [2.05, 4.69) is 25.9 Å². The summed E-state index contributed by atoms with van der Waals surface area (Å²) in [6.45, 7) is 1.48. The van der Waals surface area contributed by atoms with Crippen LogP contribution in [0, 0.1) is 18.6 Å². The Morgan fingerprint density at radius 1 is 1.27 bits per heavy atom. The molecule has 0 N–H and O–H groups in total. The van der Waals surface area contributed by atoms with Crippen LogP contribution in [-0.2, 0) is 13.3 Å². The Hall–Kier alpha value is -3.14. The van der Waals surface area contributed by atoms with E-state index >= 15 is 0 Å². The van der Waals surface area contributed by atoms with Gasteiger partial charge in [-0.2, -0.15) is 0 Å². The second-order valence-corrected chi connectivity index (χ2v) is 7.25. The first kappa shape index (κ1) is 21.6. The lowest BCUT2D eigenvalue weighted by Crippen LogP contribution is -2.35. The van der Waals surface area contributed by atoms with Crippen LogP contribution in [0.15, 0.2) is 52.1 Å². The fraction of sp³-hybridized carbons (Fsp3) is 0.200. The number of amides is 1. The number of carbonyl (C=O) groups is 1. The van der Waals surface area contributed by atoms with Crippen molar-refractivity contribution in [1.29, 1.82) is 0 Å². The first-order valence-electron chi connectivity index (χ1n) is 8.76. The zero-order valence-corrected chi connectivity index (χ0v) is 17.7. The molecule has 0 bridgehead atoms. The summed E-state index contributed by atoms with van der Waals surface area (Å²) in [5, 5.41) is 0. The molecule has 30 heavy (non-hydrogen) atoms. The van der Waals surface area contributed by atoms with E-state index in [1.54, 1.807) is 20.0 Å². The second-order valence-electron chi connectivity index (χ2n) is 6.46. The van der Waals surface area contributed by atoms with Gasteiger partial charge in [0.05, 0.1) is 6.20 Å². The average molecular weight is 479 g/mol. The van der Waals surface area contributed by atoms with E-state index in [0.717, 1.165) is 12.1 Å². The smallest absolute Gasteiger partial charge is 0.275 e. The molecule has 0 aliphatic rings. The Balaban J connectivity index is 1.79. The van der Waals surface area contributed by atoms with Gasteiger partial charge in [0.25, 0.3) is 11.5 Å². The maximum absolute atomic E-state index is 13.8. The van der Waals surface area contributed by atoms with Crippen molar-refractivity contribution < 1.29 is 18.3 Å². The summed E-state index contributed by atoms with van der Waals surface area (Å²) in [6, 6.07) is 4.76. The standard InChI is InChI=1S/C20H17BrF2N4O3/c1-12-7-17(30-10-13-3-4-14(22)8-15(13)23)18(21)20(29)27(12)11-26(2)19(28)16-9-24-5-6-25-16/h3-9H,10-11H2,1-2H3. The molecule has 1 aromatic carbocycles. The van der Waals surface area contributed by atoms with Crippen LogP contribution in [0.25, 0.3) is 0 Å². The highest BCUT2D eigenvalue weighted by molar-refractivity contribution is 9.10. The van der Waals surface area contributed by atoms with Crippen LogP contribution >= 0.6 is 15.9 Å². The molecule has 3 rings (SSSR count). The maximum atomic E-state index is 13.8. The molecule has 0 fully saturated rings. The van der Waals surface area contributed by atoms with Crippen molar-refractivity contribution in [2.45, 2.75) is 20.2 Å². The van der Waals surface area contributed by atoms with Crippen LogP contribution in [0.2, 0.25) is 0 Å². The first-order chi connectivity index (χ1) is 14.3. The van der Waals surface area contributed by atoms with Crippen LogP contribution in [0.5, 0.6) is 5.75 Å². The van der Waals surface area contributed by atoms with E-state index in [0.29, 0.717) is 5.69 Å². The van der Waals surface area contributed by atoms with Gasteiger partial charge in [-0.25, -0.2) is 13.8 Å². The molecule has 0 saturated heterocycles. The van der Waals surface area contributed by atoms with Crippen molar-refractivity contribution >= 4 is 21.8 Å². The van der Waals surface area contributed by atoms with Gasteiger partial charge in [0.15, 0.2) is 0 Å². The molecule has 10 heteroatoms. The first-order valence-corrected chi connectivity index (χ1v) is 9.55. The van der Waals surface area contributed by atoms with Gasteiger partial charge in [-0.05, 0) is 35.0 Å². The number of hydrogen-bond donors (Lipinski definition) is 0. The van der Waals surface area contributed by atoms with Crippen molar-refractivity contribution in [1.82, 2.24) is 19.4 Å². The fourth-order valence-corrected chi connectivity index (χ4v) is 3.11. The molecule has 0 aliphatic carbocycles. The molecule has 156 valence electrons. The number of nitrogens with zero attached hydrogens (tertiary/aromatic N) is 4. The fourth-order valence-electron chi connectivity index (χ4n) is 2.67. The molecular weight excluding hydrogens is 462 g/mol. The van der Waals surface area contributed by atoms with Gasteiger partial charge in [0.1, 0.15) is 40.8 Å². The minimum absolute atomic E-state index is 0.0223. The van der Waals surface area contributed by atoms with Gasteiger partial charge >= 0.3 is 0 Å². The van der Waals surface area contributed by atoms with Crippen LogP contribution in [-0.4, -0.2) is 32.4 Å². The number of aromatic nitrogens is 3. The minimum Gasteiger partial charge on any atom is -0.487 e. The molecule has 0 aliphatic heterocycles. The maximum Gasteiger partial charge on any atom is 0.275 e. The van der Waals surface area contributed by atoms with Gasteiger partial charge in [0.2, 0.25) is 0 Å². The number of benzene rings is 1. The van der Waals surface area contributed by atoms with Crippen LogP contribution in [0.4, 0.5) is 8.78 Å². The van der Waals surface area contributed by atoms with E-state index in [1.165, 1.54) is 34.1 Å². The molecule has 3 aromatic rings. The van der Waals surface area contributed by atoms with E-state index in [9.17, 15) is 18.4 Å². The highest BCUT2D eigenvalue weighted by atomic mass is 79.9. The van der Waals surface area contributed by atoms with Gasteiger partial charge in [0, 0.05) is 42.8 Å². The Labute approximate surface area is 179 Å². The lowest BCUT2D eigenvalue weighted by Gasteiger charge is -2.21. The molecular formula is C20H17BrF2N4O3. The summed E-state index contributed by atoms with van der Waals surface area (Å²) < 4.78 is 33.9. The Morgan fingerprint density at radius 2 is 2.03 bits per heavy atom. The molecule has 0 saturated carbocycles. The van der Waals surface area contributed by atoms with Gasteiger partial charge in [-0.15, -0.1) is 0 Å².